The van der Waals surface area contributed by atoms with Crippen LogP contribution in [0.15, 0.2) is 0 Å². The molecule has 0 aromatic rings. The lowest BCUT2D eigenvalue weighted by molar-refractivity contribution is -0.132. The lowest BCUT2D eigenvalue weighted by atomic mass is 9.48. The molecule has 0 amide bonds. The molecule has 4 fully saturated rings. The Bertz CT molecular complexity index is 295. The van der Waals surface area contributed by atoms with E-state index in [0.717, 1.165) is 36.1 Å². The fraction of sp³-hybridized carbons (Fsp3) is 1.00. The van der Waals surface area contributed by atoms with E-state index >= 15 is 0 Å². The van der Waals surface area contributed by atoms with Crippen LogP contribution in [0.2, 0.25) is 0 Å². The molecule has 110 valence electrons. The number of likely N-dealkylation sites (N-methyl/N-ethyl adjacent to an activating group) is 1. The van der Waals surface area contributed by atoms with Crippen molar-refractivity contribution in [3.63, 3.8) is 0 Å². The Balaban J connectivity index is 1.89. The van der Waals surface area contributed by atoms with Gasteiger partial charge in [-0.2, -0.15) is 0 Å². The first-order valence-electron chi connectivity index (χ1n) is 8.55. The highest BCUT2D eigenvalue weighted by Crippen LogP contribution is 2.59. The molecule has 0 spiro atoms. The summed E-state index contributed by atoms with van der Waals surface area (Å²) in [7, 11) is 0. The molecule has 4 aliphatic rings. The lowest BCUT2D eigenvalue weighted by Crippen LogP contribution is -2.69. The van der Waals surface area contributed by atoms with Gasteiger partial charge in [0.1, 0.15) is 0 Å². The molecule has 0 aromatic carbocycles. The summed E-state index contributed by atoms with van der Waals surface area (Å²) in [6.07, 6.45) is 7.42. The second kappa shape index (κ2) is 5.04. The van der Waals surface area contributed by atoms with Gasteiger partial charge >= 0.3 is 0 Å². The van der Waals surface area contributed by atoms with Crippen LogP contribution in [-0.4, -0.2) is 30.1 Å². The maximum absolute atomic E-state index is 6.40. The van der Waals surface area contributed by atoms with Gasteiger partial charge in [0.05, 0.1) is 0 Å². The monoisotopic (exact) mass is 264 g/mol. The van der Waals surface area contributed by atoms with Crippen LogP contribution in [-0.2, 0) is 0 Å². The standard InChI is InChI=1S/C17H32N2/c1-4-19(10-12(2)3)17(11-18)15-6-13-5-14(8-15)9-16(17)7-13/h12-16H,4-11,18H2,1-3H3. The maximum Gasteiger partial charge on any atom is 0.0388 e. The summed E-state index contributed by atoms with van der Waals surface area (Å²) in [5.74, 6) is 4.63. The highest BCUT2D eigenvalue weighted by Gasteiger charge is 2.58. The van der Waals surface area contributed by atoms with Gasteiger partial charge < -0.3 is 5.73 Å². The zero-order valence-corrected chi connectivity index (χ0v) is 13.1. The van der Waals surface area contributed by atoms with Crippen LogP contribution >= 0.6 is 0 Å². The van der Waals surface area contributed by atoms with Crippen molar-refractivity contribution >= 4 is 0 Å². The maximum atomic E-state index is 6.40. The van der Waals surface area contributed by atoms with E-state index < -0.39 is 0 Å². The van der Waals surface area contributed by atoms with Crippen LogP contribution in [0.4, 0.5) is 0 Å². The summed E-state index contributed by atoms with van der Waals surface area (Å²) in [6, 6.07) is 0. The fourth-order valence-electron chi connectivity index (χ4n) is 6.01. The first-order chi connectivity index (χ1) is 9.10. The SMILES string of the molecule is CCN(CC(C)C)C1(CN)C2CC3CC(C2)CC1C3. The van der Waals surface area contributed by atoms with Crippen molar-refractivity contribution in [3.05, 3.63) is 0 Å². The van der Waals surface area contributed by atoms with Gasteiger partial charge in [0.25, 0.3) is 0 Å². The third-order valence-corrected chi connectivity index (χ3v) is 6.43. The molecule has 19 heavy (non-hydrogen) atoms. The second-order valence-electron chi connectivity index (χ2n) is 7.93. The average molecular weight is 264 g/mol. The van der Waals surface area contributed by atoms with Crippen molar-refractivity contribution in [1.82, 2.24) is 4.90 Å². The van der Waals surface area contributed by atoms with Gasteiger partial charge in [0, 0.05) is 18.6 Å². The number of hydrogen-bond donors (Lipinski definition) is 1. The van der Waals surface area contributed by atoms with E-state index in [4.69, 9.17) is 5.73 Å². The Labute approximate surface area is 119 Å². The van der Waals surface area contributed by atoms with Gasteiger partial charge in [-0.05, 0) is 68.2 Å². The first kappa shape index (κ1) is 13.9. The number of nitrogens with zero attached hydrogens (tertiary/aromatic N) is 1. The number of rotatable bonds is 5. The Morgan fingerprint density at radius 1 is 1.05 bits per heavy atom. The third-order valence-electron chi connectivity index (χ3n) is 6.43. The van der Waals surface area contributed by atoms with Crippen LogP contribution in [0, 0.1) is 29.6 Å². The second-order valence-corrected chi connectivity index (χ2v) is 7.93. The predicted molar refractivity (Wildman–Crippen MR) is 80.9 cm³/mol. The molecule has 4 saturated carbocycles. The molecule has 0 aromatic heterocycles. The molecule has 0 radical (unpaired) electrons. The van der Waals surface area contributed by atoms with Crippen molar-refractivity contribution in [1.29, 1.82) is 0 Å². The summed E-state index contributed by atoms with van der Waals surface area (Å²) in [5, 5.41) is 0. The molecule has 4 bridgehead atoms. The van der Waals surface area contributed by atoms with Crippen molar-refractivity contribution in [2.45, 2.75) is 58.4 Å². The fourth-order valence-corrected chi connectivity index (χ4v) is 6.01. The molecule has 4 aliphatic carbocycles. The van der Waals surface area contributed by atoms with E-state index in [2.05, 4.69) is 25.7 Å². The quantitative estimate of drug-likeness (QED) is 0.826. The van der Waals surface area contributed by atoms with E-state index in [-0.39, 0.29) is 0 Å². The van der Waals surface area contributed by atoms with Gasteiger partial charge in [0.2, 0.25) is 0 Å². The summed E-state index contributed by atoms with van der Waals surface area (Å²) in [5.41, 5.74) is 6.75. The highest BCUT2D eigenvalue weighted by atomic mass is 15.2. The topological polar surface area (TPSA) is 29.3 Å². The van der Waals surface area contributed by atoms with E-state index in [1.807, 2.05) is 0 Å². The third kappa shape index (κ3) is 2.06. The lowest BCUT2D eigenvalue weighted by Gasteiger charge is -2.64. The van der Waals surface area contributed by atoms with Crippen molar-refractivity contribution in [2.24, 2.45) is 35.3 Å². The van der Waals surface area contributed by atoms with Crippen molar-refractivity contribution in [2.75, 3.05) is 19.6 Å². The van der Waals surface area contributed by atoms with E-state index in [1.54, 1.807) is 0 Å². The van der Waals surface area contributed by atoms with Crippen LogP contribution in [0.5, 0.6) is 0 Å². The Kier molecular flexibility index (Phi) is 3.68. The summed E-state index contributed by atoms with van der Waals surface area (Å²) < 4.78 is 0. The molecule has 2 heteroatoms. The molecular weight excluding hydrogens is 232 g/mol. The van der Waals surface area contributed by atoms with Crippen LogP contribution < -0.4 is 5.73 Å². The highest BCUT2D eigenvalue weighted by molar-refractivity contribution is 5.12. The van der Waals surface area contributed by atoms with Gasteiger partial charge in [-0.25, -0.2) is 0 Å². The Morgan fingerprint density at radius 3 is 1.95 bits per heavy atom. The Morgan fingerprint density at radius 2 is 1.58 bits per heavy atom. The van der Waals surface area contributed by atoms with E-state index in [0.29, 0.717) is 5.54 Å². The molecule has 2 N–H and O–H groups in total. The molecule has 4 rings (SSSR count). The average Bonchev–Trinajstić information content (AvgIpc) is 2.36. The van der Waals surface area contributed by atoms with Crippen molar-refractivity contribution in [3.8, 4) is 0 Å². The van der Waals surface area contributed by atoms with Gasteiger partial charge in [-0.15, -0.1) is 0 Å². The minimum absolute atomic E-state index is 0.354. The van der Waals surface area contributed by atoms with Crippen molar-refractivity contribution < 1.29 is 0 Å². The molecule has 0 aliphatic heterocycles. The smallest absolute Gasteiger partial charge is 0.0388 e. The van der Waals surface area contributed by atoms with E-state index in [9.17, 15) is 0 Å². The van der Waals surface area contributed by atoms with Gasteiger partial charge in [-0.1, -0.05) is 20.8 Å². The molecule has 0 heterocycles. The Hall–Kier alpha value is -0.0800. The van der Waals surface area contributed by atoms with Crippen LogP contribution in [0.1, 0.15) is 52.9 Å². The normalized spacial score (nSPS) is 44.5. The zero-order valence-electron chi connectivity index (χ0n) is 13.1. The summed E-state index contributed by atoms with van der Waals surface area (Å²) in [6.45, 7) is 10.3. The first-order valence-corrected chi connectivity index (χ1v) is 8.55. The minimum atomic E-state index is 0.354. The molecule has 0 saturated heterocycles. The van der Waals surface area contributed by atoms with E-state index in [1.165, 1.54) is 45.2 Å². The molecular formula is C17H32N2. The largest absolute Gasteiger partial charge is 0.329 e. The molecule has 2 nitrogen and oxygen atoms in total. The van der Waals surface area contributed by atoms with Crippen LogP contribution in [0.3, 0.4) is 0 Å². The zero-order chi connectivity index (χ0) is 13.6. The predicted octanol–water partition coefficient (Wildman–Crippen LogP) is 3.12. The summed E-state index contributed by atoms with van der Waals surface area (Å²) >= 11 is 0. The molecule has 0 atom stereocenters. The molecule has 0 unspecified atom stereocenters. The number of hydrogen-bond acceptors (Lipinski definition) is 2. The van der Waals surface area contributed by atoms with Gasteiger partial charge in [-0.3, -0.25) is 4.90 Å². The van der Waals surface area contributed by atoms with Gasteiger partial charge in [0.15, 0.2) is 0 Å². The van der Waals surface area contributed by atoms with Crippen LogP contribution in [0.25, 0.3) is 0 Å². The summed E-state index contributed by atoms with van der Waals surface area (Å²) in [4.78, 5) is 2.78. The minimum Gasteiger partial charge on any atom is -0.329 e. The number of nitrogens with two attached hydrogens (primary N) is 1.